The molecule has 106 valence electrons. The Morgan fingerprint density at radius 1 is 1.30 bits per heavy atom. The smallest absolute Gasteiger partial charge is 0.372 e. The maximum absolute atomic E-state index is 11.0. The Bertz CT molecular complexity index is 621. The number of aryl methyl sites for hydroxylation is 1. The van der Waals surface area contributed by atoms with Crippen molar-refractivity contribution in [1.82, 2.24) is 4.90 Å². The number of hydrogen-bond donors (Lipinski definition) is 1. The maximum Gasteiger partial charge on any atom is 0.372 e. The van der Waals surface area contributed by atoms with Crippen molar-refractivity contribution in [3.8, 4) is 0 Å². The molecule has 0 atom stereocenters. The molecule has 0 saturated heterocycles. The molecule has 0 radical (unpaired) electrons. The second-order valence-corrected chi connectivity index (χ2v) is 5.74. The highest BCUT2D eigenvalue weighted by molar-refractivity contribution is 9.10. The van der Waals surface area contributed by atoms with E-state index in [9.17, 15) is 4.79 Å². The maximum atomic E-state index is 11.0. The van der Waals surface area contributed by atoms with Crippen molar-refractivity contribution in [1.29, 1.82) is 0 Å². The number of carboxylic acid groups (broad SMARTS) is 1. The average molecular weight is 338 g/mol. The van der Waals surface area contributed by atoms with Gasteiger partial charge in [0.2, 0.25) is 5.76 Å². The Labute approximate surface area is 126 Å². The lowest BCUT2D eigenvalue weighted by molar-refractivity contribution is 0.0659. The van der Waals surface area contributed by atoms with Crippen molar-refractivity contribution in [3.63, 3.8) is 0 Å². The van der Waals surface area contributed by atoms with Gasteiger partial charge in [-0.1, -0.05) is 22.0 Å². The van der Waals surface area contributed by atoms with Crippen molar-refractivity contribution in [2.75, 3.05) is 7.05 Å². The summed E-state index contributed by atoms with van der Waals surface area (Å²) in [6, 6.07) is 7.86. The fraction of sp³-hybridized carbons (Fsp3) is 0.267. The van der Waals surface area contributed by atoms with Gasteiger partial charge in [0.05, 0.1) is 6.26 Å². The number of nitrogens with zero attached hydrogens (tertiary/aromatic N) is 1. The number of rotatable bonds is 5. The molecule has 0 aliphatic rings. The van der Waals surface area contributed by atoms with Gasteiger partial charge in [-0.15, -0.1) is 0 Å². The molecule has 1 heterocycles. The molecule has 0 unspecified atom stereocenters. The predicted molar refractivity (Wildman–Crippen MR) is 79.7 cm³/mol. The van der Waals surface area contributed by atoms with Crippen molar-refractivity contribution in [2.24, 2.45) is 0 Å². The number of carboxylic acids is 1. The molecule has 1 aromatic heterocycles. The van der Waals surface area contributed by atoms with Crippen molar-refractivity contribution in [3.05, 3.63) is 57.5 Å². The van der Waals surface area contributed by atoms with E-state index < -0.39 is 5.97 Å². The summed E-state index contributed by atoms with van der Waals surface area (Å²) in [4.78, 5) is 13.1. The van der Waals surface area contributed by atoms with Gasteiger partial charge in [0.25, 0.3) is 0 Å². The van der Waals surface area contributed by atoms with Crippen LogP contribution in [0.25, 0.3) is 0 Å². The summed E-state index contributed by atoms with van der Waals surface area (Å²) in [5.74, 6) is -1.01. The monoisotopic (exact) mass is 337 g/mol. The number of carbonyl (C=O) groups is 1. The molecule has 4 nitrogen and oxygen atoms in total. The van der Waals surface area contributed by atoms with Crippen molar-refractivity contribution in [2.45, 2.75) is 20.0 Å². The van der Waals surface area contributed by atoms with Gasteiger partial charge >= 0.3 is 5.97 Å². The summed E-state index contributed by atoms with van der Waals surface area (Å²) < 4.78 is 6.03. The van der Waals surface area contributed by atoms with E-state index >= 15 is 0 Å². The zero-order valence-electron chi connectivity index (χ0n) is 11.4. The Kier molecular flexibility index (Phi) is 4.62. The summed E-state index contributed by atoms with van der Waals surface area (Å²) in [6.45, 7) is 3.34. The van der Waals surface area contributed by atoms with E-state index in [0.29, 0.717) is 12.1 Å². The first-order chi connectivity index (χ1) is 9.47. The minimum Gasteiger partial charge on any atom is -0.475 e. The lowest BCUT2D eigenvalue weighted by atomic mass is 10.1. The average Bonchev–Trinajstić information content (AvgIpc) is 2.82. The van der Waals surface area contributed by atoms with E-state index in [1.54, 1.807) is 6.07 Å². The van der Waals surface area contributed by atoms with Crippen LogP contribution >= 0.6 is 15.9 Å². The summed E-state index contributed by atoms with van der Waals surface area (Å²) in [7, 11) is 1.96. The van der Waals surface area contributed by atoms with Crippen LogP contribution in [0.4, 0.5) is 0 Å². The molecule has 20 heavy (non-hydrogen) atoms. The Balaban J connectivity index is 2.09. The first kappa shape index (κ1) is 14.8. The molecule has 0 aliphatic carbocycles. The molecule has 2 rings (SSSR count). The quantitative estimate of drug-likeness (QED) is 0.904. The SMILES string of the molecule is Cc1ccc(Br)cc1CN(C)Cc1ccoc1C(=O)O. The van der Waals surface area contributed by atoms with Gasteiger partial charge in [-0.2, -0.15) is 0 Å². The zero-order chi connectivity index (χ0) is 14.7. The highest BCUT2D eigenvalue weighted by Crippen LogP contribution is 2.19. The van der Waals surface area contributed by atoms with Crippen LogP contribution in [-0.4, -0.2) is 23.0 Å². The summed E-state index contributed by atoms with van der Waals surface area (Å²) >= 11 is 3.47. The number of hydrogen-bond acceptors (Lipinski definition) is 3. The topological polar surface area (TPSA) is 53.7 Å². The van der Waals surface area contributed by atoms with Gasteiger partial charge < -0.3 is 9.52 Å². The van der Waals surface area contributed by atoms with Gasteiger partial charge in [-0.3, -0.25) is 4.90 Å². The predicted octanol–water partition coefficient (Wildman–Crippen LogP) is 3.68. The van der Waals surface area contributed by atoms with Crippen molar-refractivity contribution < 1.29 is 14.3 Å². The van der Waals surface area contributed by atoms with Gasteiger partial charge in [0, 0.05) is 23.1 Å². The van der Waals surface area contributed by atoms with Gasteiger partial charge in [0.1, 0.15) is 0 Å². The first-order valence-electron chi connectivity index (χ1n) is 6.20. The normalized spacial score (nSPS) is 11.0. The van der Waals surface area contributed by atoms with Crippen LogP contribution in [-0.2, 0) is 13.1 Å². The lowest BCUT2D eigenvalue weighted by Crippen LogP contribution is -2.19. The van der Waals surface area contributed by atoms with E-state index in [4.69, 9.17) is 9.52 Å². The van der Waals surface area contributed by atoms with E-state index in [1.165, 1.54) is 17.4 Å². The molecule has 1 aromatic carbocycles. The highest BCUT2D eigenvalue weighted by atomic mass is 79.9. The number of benzene rings is 1. The number of aromatic carboxylic acids is 1. The molecular weight excluding hydrogens is 322 g/mol. The minimum atomic E-state index is -1.03. The zero-order valence-corrected chi connectivity index (χ0v) is 13.0. The largest absolute Gasteiger partial charge is 0.475 e. The number of furan rings is 1. The van der Waals surface area contributed by atoms with Crippen LogP contribution in [0, 0.1) is 6.92 Å². The van der Waals surface area contributed by atoms with Crippen LogP contribution in [0.1, 0.15) is 27.2 Å². The van der Waals surface area contributed by atoms with Gasteiger partial charge in [-0.25, -0.2) is 4.79 Å². The molecule has 0 saturated carbocycles. The Morgan fingerprint density at radius 3 is 2.70 bits per heavy atom. The standard InChI is InChI=1S/C15H16BrNO3/c1-10-3-4-13(16)7-12(10)9-17(2)8-11-5-6-20-14(11)15(18)19/h3-7H,8-9H2,1-2H3,(H,18,19). The molecule has 5 heteroatoms. The van der Waals surface area contributed by atoms with Crippen LogP contribution in [0.3, 0.4) is 0 Å². The second-order valence-electron chi connectivity index (χ2n) is 4.82. The molecule has 2 aromatic rings. The Morgan fingerprint density at radius 2 is 2.00 bits per heavy atom. The van der Waals surface area contributed by atoms with E-state index in [2.05, 4.69) is 39.9 Å². The van der Waals surface area contributed by atoms with Crippen LogP contribution in [0.5, 0.6) is 0 Å². The molecule has 0 bridgehead atoms. The molecule has 0 spiro atoms. The first-order valence-corrected chi connectivity index (χ1v) is 7.00. The van der Waals surface area contributed by atoms with E-state index in [1.807, 2.05) is 13.1 Å². The van der Waals surface area contributed by atoms with E-state index in [-0.39, 0.29) is 5.76 Å². The molecule has 0 fully saturated rings. The third-order valence-corrected chi connectivity index (χ3v) is 3.63. The van der Waals surface area contributed by atoms with Crippen LogP contribution < -0.4 is 0 Å². The van der Waals surface area contributed by atoms with Crippen molar-refractivity contribution >= 4 is 21.9 Å². The summed E-state index contributed by atoms with van der Waals surface area (Å²) in [6.07, 6.45) is 1.41. The summed E-state index contributed by atoms with van der Waals surface area (Å²) in [5.41, 5.74) is 3.11. The molecule has 1 N–H and O–H groups in total. The lowest BCUT2D eigenvalue weighted by Gasteiger charge is -2.17. The van der Waals surface area contributed by atoms with E-state index in [0.717, 1.165) is 11.0 Å². The van der Waals surface area contributed by atoms with Gasteiger partial charge in [-0.05, 0) is 43.3 Å². The fourth-order valence-electron chi connectivity index (χ4n) is 2.10. The van der Waals surface area contributed by atoms with Crippen LogP contribution in [0.15, 0.2) is 39.4 Å². The minimum absolute atomic E-state index is 0.0165. The summed E-state index contributed by atoms with van der Waals surface area (Å²) in [5, 5.41) is 9.02. The number of halogens is 1. The second kappa shape index (κ2) is 6.24. The molecule has 0 amide bonds. The third kappa shape index (κ3) is 3.49. The molecule has 0 aliphatic heterocycles. The highest BCUT2D eigenvalue weighted by Gasteiger charge is 2.15. The van der Waals surface area contributed by atoms with Crippen LogP contribution in [0.2, 0.25) is 0 Å². The third-order valence-electron chi connectivity index (χ3n) is 3.13. The fourth-order valence-corrected chi connectivity index (χ4v) is 2.50. The molecular formula is C15H16BrNO3. The van der Waals surface area contributed by atoms with Gasteiger partial charge in [0.15, 0.2) is 0 Å². The Hall–Kier alpha value is -1.59.